The number of carbonyl (C=O) groups excluding carboxylic acids is 2. The van der Waals surface area contributed by atoms with E-state index in [1.165, 1.54) is 7.11 Å². The molecule has 0 aliphatic heterocycles. The van der Waals surface area contributed by atoms with Gasteiger partial charge in [0, 0.05) is 8.99 Å². The predicted molar refractivity (Wildman–Crippen MR) is 155 cm³/mol. The van der Waals surface area contributed by atoms with Crippen LogP contribution in [-0.2, 0) is 10.2 Å². The summed E-state index contributed by atoms with van der Waals surface area (Å²) in [4.78, 5) is 25.7. The molecule has 1 N–H and O–H groups in total. The van der Waals surface area contributed by atoms with E-state index in [0.29, 0.717) is 22.6 Å². The van der Waals surface area contributed by atoms with Crippen LogP contribution in [0, 0.1) is 9.49 Å². The Morgan fingerprint density at radius 2 is 1.53 bits per heavy atom. The number of hydrogen-bond acceptors (Lipinski definition) is 5. The maximum absolute atomic E-state index is 13.1. The number of halogens is 1. The Labute approximate surface area is 234 Å². The Morgan fingerprint density at radius 1 is 0.895 bits per heavy atom. The van der Waals surface area contributed by atoms with Crippen molar-refractivity contribution in [3.8, 4) is 11.5 Å². The van der Waals surface area contributed by atoms with Crippen molar-refractivity contribution in [1.82, 2.24) is 5.43 Å². The summed E-state index contributed by atoms with van der Waals surface area (Å²) in [7, 11) is 1.50. The van der Waals surface area contributed by atoms with Gasteiger partial charge in [0.15, 0.2) is 11.5 Å². The van der Waals surface area contributed by atoms with Gasteiger partial charge in [-0.25, -0.2) is 10.2 Å². The zero-order valence-electron chi connectivity index (χ0n) is 20.6. The van der Waals surface area contributed by atoms with Crippen LogP contribution in [-0.4, -0.2) is 25.2 Å². The molecule has 38 heavy (non-hydrogen) atoms. The second-order valence-corrected chi connectivity index (χ2v) is 10.1. The standard InChI is InChI=1S/C31H25IN2O4/c1-37-28-18-21(16-17-27(28)38-30(36)24-14-8-9-15-26(24)32)20-33-34-29(35)25-19-31(25,22-10-4-2-5-11-22)23-12-6-3-7-13-23/h2-18,20,25H,19H2,1H3,(H,34,35)/b33-20-/t25-/m1/s1. The molecule has 0 radical (unpaired) electrons. The van der Waals surface area contributed by atoms with Crippen LogP contribution in [0.25, 0.3) is 0 Å². The summed E-state index contributed by atoms with van der Waals surface area (Å²) >= 11 is 2.10. The van der Waals surface area contributed by atoms with Crippen LogP contribution >= 0.6 is 22.6 Å². The van der Waals surface area contributed by atoms with E-state index in [-0.39, 0.29) is 17.2 Å². The van der Waals surface area contributed by atoms with E-state index in [0.717, 1.165) is 21.1 Å². The minimum absolute atomic E-state index is 0.135. The monoisotopic (exact) mass is 616 g/mol. The Hall–Kier alpha value is -3.98. The molecule has 1 aliphatic carbocycles. The number of amides is 1. The lowest BCUT2D eigenvalue weighted by Crippen LogP contribution is -2.25. The van der Waals surface area contributed by atoms with E-state index in [1.807, 2.05) is 48.5 Å². The van der Waals surface area contributed by atoms with E-state index < -0.39 is 5.97 Å². The lowest BCUT2D eigenvalue weighted by Gasteiger charge is -2.18. The van der Waals surface area contributed by atoms with E-state index in [1.54, 1.807) is 36.5 Å². The Bertz CT molecular complexity index is 1450. The van der Waals surface area contributed by atoms with Gasteiger partial charge in [-0.15, -0.1) is 0 Å². The van der Waals surface area contributed by atoms with Crippen LogP contribution in [0.1, 0.15) is 33.5 Å². The van der Waals surface area contributed by atoms with Gasteiger partial charge in [-0.3, -0.25) is 4.79 Å². The highest BCUT2D eigenvalue weighted by atomic mass is 127. The van der Waals surface area contributed by atoms with Gasteiger partial charge in [-0.1, -0.05) is 72.8 Å². The van der Waals surface area contributed by atoms with Gasteiger partial charge in [-0.2, -0.15) is 5.10 Å². The number of hydrazone groups is 1. The average molecular weight is 616 g/mol. The Balaban J connectivity index is 1.27. The van der Waals surface area contributed by atoms with Crippen LogP contribution in [0.15, 0.2) is 108 Å². The number of rotatable bonds is 8. The van der Waals surface area contributed by atoms with Gasteiger partial charge in [0.2, 0.25) is 5.91 Å². The Morgan fingerprint density at radius 3 is 2.16 bits per heavy atom. The number of ether oxygens (including phenoxy) is 2. The molecular formula is C31H25IN2O4. The first kappa shape index (κ1) is 25.7. The molecule has 7 heteroatoms. The largest absolute Gasteiger partial charge is 0.493 e. The SMILES string of the molecule is COc1cc(/C=N\NC(=O)[C@H]2CC2(c2ccccc2)c2ccccc2)ccc1OC(=O)c1ccccc1I. The zero-order chi connectivity index (χ0) is 26.5. The van der Waals surface area contributed by atoms with Gasteiger partial charge in [-0.05, 0) is 76.0 Å². The highest BCUT2D eigenvalue weighted by Crippen LogP contribution is 2.58. The first-order chi connectivity index (χ1) is 18.5. The van der Waals surface area contributed by atoms with E-state index in [9.17, 15) is 9.59 Å². The summed E-state index contributed by atoms with van der Waals surface area (Å²) in [5.74, 6) is -0.141. The number of nitrogens with zero attached hydrogens (tertiary/aromatic N) is 1. The summed E-state index contributed by atoms with van der Waals surface area (Å²) in [6.07, 6.45) is 2.26. The molecule has 1 atom stereocenters. The van der Waals surface area contributed by atoms with Crippen molar-refractivity contribution in [3.05, 3.63) is 129 Å². The number of esters is 1. The fourth-order valence-electron chi connectivity index (χ4n) is 4.73. The molecular weight excluding hydrogens is 591 g/mol. The fraction of sp³-hybridized carbons (Fsp3) is 0.129. The molecule has 4 aromatic rings. The topological polar surface area (TPSA) is 77.0 Å². The minimum Gasteiger partial charge on any atom is -0.493 e. The van der Waals surface area contributed by atoms with Crippen LogP contribution in [0.5, 0.6) is 11.5 Å². The summed E-state index contributed by atoms with van der Waals surface area (Å²) in [5, 5.41) is 4.19. The predicted octanol–water partition coefficient (Wildman–Crippen LogP) is 5.98. The zero-order valence-corrected chi connectivity index (χ0v) is 22.8. The third-order valence-electron chi connectivity index (χ3n) is 6.73. The van der Waals surface area contributed by atoms with Crippen molar-refractivity contribution < 1.29 is 19.1 Å². The number of benzene rings is 4. The molecule has 0 unspecified atom stereocenters. The van der Waals surface area contributed by atoms with Gasteiger partial charge >= 0.3 is 5.97 Å². The highest BCUT2D eigenvalue weighted by molar-refractivity contribution is 14.1. The molecule has 1 saturated carbocycles. The molecule has 0 heterocycles. The van der Waals surface area contributed by atoms with Crippen molar-refractivity contribution in [2.24, 2.45) is 11.0 Å². The molecule has 5 rings (SSSR count). The van der Waals surface area contributed by atoms with Gasteiger partial charge in [0.25, 0.3) is 0 Å². The number of nitrogens with one attached hydrogen (secondary N) is 1. The van der Waals surface area contributed by atoms with Crippen molar-refractivity contribution in [1.29, 1.82) is 0 Å². The smallest absolute Gasteiger partial charge is 0.344 e. The second kappa shape index (κ2) is 11.2. The average Bonchev–Trinajstić information content (AvgIpc) is 3.72. The maximum atomic E-state index is 13.1. The van der Waals surface area contributed by atoms with Crippen molar-refractivity contribution in [3.63, 3.8) is 0 Å². The Kier molecular flexibility index (Phi) is 7.55. The molecule has 4 aromatic carbocycles. The maximum Gasteiger partial charge on any atom is 0.344 e. The lowest BCUT2D eigenvalue weighted by molar-refractivity contribution is -0.122. The van der Waals surface area contributed by atoms with Crippen LogP contribution in [0.2, 0.25) is 0 Å². The molecule has 0 bridgehead atoms. The highest BCUT2D eigenvalue weighted by Gasteiger charge is 2.60. The normalized spacial score (nSPS) is 15.6. The molecule has 190 valence electrons. The van der Waals surface area contributed by atoms with Gasteiger partial charge in [0.1, 0.15) is 0 Å². The molecule has 1 fully saturated rings. The van der Waals surface area contributed by atoms with Crippen molar-refractivity contribution >= 4 is 40.7 Å². The third kappa shape index (κ3) is 5.19. The first-order valence-corrected chi connectivity index (χ1v) is 13.2. The van der Waals surface area contributed by atoms with Gasteiger partial charge in [0.05, 0.1) is 24.8 Å². The molecule has 1 amide bonds. The van der Waals surface area contributed by atoms with Crippen molar-refractivity contribution in [2.45, 2.75) is 11.8 Å². The van der Waals surface area contributed by atoms with Crippen LogP contribution in [0.3, 0.4) is 0 Å². The molecule has 0 saturated heterocycles. The van der Waals surface area contributed by atoms with Crippen molar-refractivity contribution in [2.75, 3.05) is 7.11 Å². The van der Waals surface area contributed by atoms with E-state index in [2.05, 4.69) is 57.4 Å². The molecule has 0 spiro atoms. The molecule has 6 nitrogen and oxygen atoms in total. The summed E-state index contributed by atoms with van der Waals surface area (Å²) < 4.78 is 11.8. The first-order valence-electron chi connectivity index (χ1n) is 12.1. The number of carbonyl (C=O) groups is 2. The van der Waals surface area contributed by atoms with E-state index in [4.69, 9.17) is 9.47 Å². The van der Waals surface area contributed by atoms with Crippen LogP contribution in [0.4, 0.5) is 0 Å². The third-order valence-corrected chi connectivity index (χ3v) is 7.67. The summed E-state index contributed by atoms with van der Waals surface area (Å²) in [6.45, 7) is 0. The van der Waals surface area contributed by atoms with E-state index >= 15 is 0 Å². The number of methoxy groups -OCH3 is 1. The van der Waals surface area contributed by atoms with Crippen LogP contribution < -0.4 is 14.9 Å². The molecule has 0 aromatic heterocycles. The lowest BCUT2D eigenvalue weighted by atomic mass is 9.85. The molecule has 1 aliphatic rings. The summed E-state index contributed by atoms with van der Waals surface area (Å²) in [6, 6.07) is 32.5. The summed E-state index contributed by atoms with van der Waals surface area (Å²) in [5.41, 5.74) is 5.75. The number of hydrogen-bond donors (Lipinski definition) is 1. The van der Waals surface area contributed by atoms with Gasteiger partial charge < -0.3 is 9.47 Å². The fourth-order valence-corrected chi connectivity index (χ4v) is 5.34. The quantitative estimate of drug-likeness (QED) is 0.0870. The second-order valence-electron chi connectivity index (χ2n) is 8.97. The minimum atomic E-state index is -0.466.